The molecule has 0 aliphatic carbocycles. The molecule has 0 saturated carbocycles. The average Bonchev–Trinajstić information content (AvgIpc) is 2.24. The third-order valence-electron chi connectivity index (χ3n) is 1.22. The normalized spacial score (nSPS) is 10.1. The lowest BCUT2D eigenvalue weighted by molar-refractivity contribution is 0.757. The van der Waals surface area contributed by atoms with Gasteiger partial charge in [-0.3, -0.25) is 4.99 Å². The molecule has 0 aromatic rings. The van der Waals surface area contributed by atoms with E-state index >= 15 is 0 Å². The van der Waals surface area contributed by atoms with Crippen molar-refractivity contribution in [3.8, 4) is 0 Å². The van der Waals surface area contributed by atoms with Gasteiger partial charge in [0.2, 0.25) is 0 Å². The fourth-order valence-corrected chi connectivity index (χ4v) is 0.696. The fraction of sp³-hybridized carbons (Fsp3) is 0.615. The summed E-state index contributed by atoms with van der Waals surface area (Å²) in [5, 5.41) is 0. The molecule has 0 amide bonds. The van der Waals surface area contributed by atoms with Crippen LogP contribution in [-0.4, -0.2) is 6.21 Å². The van der Waals surface area contributed by atoms with Crippen LogP contribution in [0.5, 0.6) is 0 Å². The van der Waals surface area contributed by atoms with Crippen molar-refractivity contribution in [3.63, 3.8) is 0 Å². The molecule has 0 aliphatic rings. The second kappa shape index (κ2) is 18.0. The van der Waals surface area contributed by atoms with Gasteiger partial charge in [-0.1, -0.05) is 60.3 Å². The Hall–Kier alpha value is -0.850. The van der Waals surface area contributed by atoms with E-state index in [1.54, 1.807) is 12.3 Å². The van der Waals surface area contributed by atoms with Crippen LogP contribution in [0.15, 0.2) is 29.4 Å². The molecule has 84 valence electrons. The maximum atomic E-state index is 4.18. The quantitative estimate of drug-likeness (QED) is 0.573. The van der Waals surface area contributed by atoms with Gasteiger partial charge in [0.1, 0.15) is 0 Å². The van der Waals surface area contributed by atoms with E-state index in [1.807, 2.05) is 40.7 Å². The topological polar surface area (TPSA) is 12.4 Å². The summed E-state index contributed by atoms with van der Waals surface area (Å²) < 4.78 is 0. The van der Waals surface area contributed by atoms with Gasteiger partial charge < -0.3 is 0 Å². The minimum absolute atomic E-state index is 0.501. The third kappa shape index (κ3) is 13.7. The monoisotopic (exact) mass is 197 g/mol. The van der Waals surface area contributed by atoms with Crippen LogP contribution < -0.4 is 0 Å². The summed E-state index contributed by atoms with van der Waals surface area (Å²) in [5.41, 5.74) is 1.11. The molecule has 0 saturated heterocycles. The second-order valence-corrected chi connectivity index (χ2v) is 2.38. The maximum absolute atomic E-state index is 4.18. The first kappa shape index (κ1) is 18.8. The van der Waals surface area contributed by atoms with Crippen LogP contribution >= 0.6 is 0 Å². The van der Waals surface area contributed by atoms with Crippen LogP contribution in [0.25, 0.3) is 0 Å². The van der Waals surface area contributed by atoms with E-state index in [4.69, 9.17) is 0 Å². The number of hydrogen-bond donors (Lipinski definition) is 0. The van der Waals surface area contributed by atoms with Crippen molar-refractivity contribution in [1.29, 1.82) is 0 Å². The molecule has 14 heavy (non-hydrogen) atoms. The van der Waals surface area contributed by atoms with Crippen molar-refractivity contribution in [2.24, 2.45) is 10.9 Å². The number of allylic oxidation sites excluding steroid dienone is 3. The molecule has 0 bridgehead atoms. The van der Waals surface area contributed by atoms with Gasteiger partial charge in [0, 0.05) is 11.9 Å². The molecule has 1 nitrogen and oxygen atoms in total. The lowest BCUT2D eigenvalue weighted by Gasteiger charge is -2.02. The Bertz CT molecular complexity index is 153. The Labute approximate surface area is 90.6 Å². The van der Waals surface area contributed by atoms with E-state index in [2.05, 4.69) is 25.4 Å². The lowest BCUT2D eigenvalue weighted by Crippen LogP contribution is -1.89. The van der Waals surface area contributed by atoms with E-state index < -0.39 is 0 Å². The van der Waals surface area contributed by atoms with Gasteiger partial charge >= 0.3 is 0 Å². The molecule has 1 heteroatoms. The minimum atomic E-state index is 0.501. The molecule has 0 unspecified atom stereocenters. The Kier molecular flexibility index (Phi) is 24.3. The first-order valence-electron chi connectivity index (χ1n) is 5.53. The largest absolute Gasteiger partial charge is 0.261 e. The van der Waals surface area contributed by atoms with Crippen molar-refractivity contribution in [1.82, 2.24) is 0 Å². The van der Waals surface area contributed by atoms with Crippen molar-refractivity contribution in [2.45, 2.75) is 48.5 Å². The van der Waals surface area contributed by atoms with E-state index in [1.165, 1.54) is 0 Å². The molecule has 0 aromatic carbocycles. The first-order valence-corrected chi connectivity index (χ1v) is 5.53. The molecule has 0 N–H and O–H groups in total. The molecule has 0 atom stereocenters. The SMILES string of the molecule is C=CC=N/C(=C\C)C(C)C.CC.CC. The Morgan fingerprint density at radius 2 is 1.57 bits per heavy atom. The van der Waals surface area contributed by atoms with E-state index in [0.29, 0.717) is 5.92 Å². The zero-order valence-electron chi connectivity index (χ0n) is 11.0. The molecular formula is C13H27N. The minimum Gasteiger partial charge on any atom is -0.261 e. The van der Waals surface area contributed by atoms with E-state index in [9.17, 15) is 0 Å². The first-order chi connectivity index (χ1) is 6.72. The summed E-state index contributed by atoms with van der Waals surface area (Å²) in [7, 11) is 0. The van der Waals surface area contributed by atoms with E-state index in [-0.39, 0.29) is 0 Å². The highest BCUT2D eigenvalue weighted by molar-refractivity contribution is 5.71. The van der Waals surface area contributed by atoms with Gasteiger partial charge in [0.15, 0.2) is 0 Å². The van der Waals surface area contributed by atoms with Gasteiger partial charge in [-0.05, 0) is 12.8 Å². The summed E-state index contributed by atoms with van der Waals surface area (Å²) in [6.45, 7) is 17.8. The average molecular weight is 197 g/mol. The standard InChI is InChI=1S/C9H15N.2C2H6/c1-5-7-10-9(6-2)8(3)4;2*1-2/h5-8H,1H2,2-4H3;2*1-2H3/b9-6-,10-7?;;. The summed E-state index contributed by atoms with van der Waals surface area (Å²) in [6, 6.07) is 0. The van der Waals surface area contributed by atoms with Gasteiger partial charge in [-0.25, -0.2) is 0 Å². The molecule has 0 fully saturated rings. The van der Waals surface area contributed by atoms with Crippen LogP contribution in [0.2, 0.25) is 0 Å². The Morgan fingerprint density at radius 3 is 1.79 bits per heavy atom. The highest BCUT2D eigenvalue weighted by Gasteiger charge is 1.96. The molecule has 0 aliphatic heterocycles. The predicted octanol–water partition coefficient (Wildman–Crippen LogP) is 4.86. The van der Waals surface area contributed by atoms with Crippen LogP contribution in [0.3, 0.4) is 0 Å². The Balaban J connectivity index is -0.000000266. The van der Waals surface area contributed by atoms with Crippen LogP contribution in [-0.2, 0) is 0 Å². The van der Waals surface area contributed by atoms with Crippen molar-refractivity contribution in [2.75, 3.05) is 0 Å². The summed E-state index contributed by atoms with van der Waals surface area (Å²) in [4.78, 5) is 4.18. The number of rotatable bonds is 3. The number of nitrogens with zero attached hydrogens (tertiary/aromatic N) is 1. The van der Waals surface area contributed by atoms with Crippen LogP contribution in [0.1, 0.15) is 48.5 Å². The highest BCUT2D eigenvalue weighted by Crippen LogP contribution is 2.09. The van der Waals surface area contributed by atoms with Crippen molar-refractivity contribution >= 4 is 6.21 Å². The second-order valence-electron chi connectivity index (χ2n) is 2.38. The number of aliphatic imine (C=N–C) groups is 1. The number of hydrogen-bond acceptors (Lipinski definition) is 1. The zero-order chi connectivity index (χ0) is 12.0. The van der Waals surface area contributed by atoms with E-state index in [0.717, 1.165) is 5.70 Å². The molecular weight excluding hydrogens is 170 g/mol. The van der Waals surface area contributed by atoms with Gasteiger partial charge in [-0.2, -0.15) is 0 Å². The van der Waals surface area contributed by atoms with Crippen molar-refractivity contribution < 1.29 is 0 Å². The molecule has 0 aromatic heterocycles. The summed E-state index contributed by atoms with van der Waals surface area (Å²) in [5.74, 6) is 0.501. The van der Waals surface area contributed by atoms with Crippen LogP contribution in [0, 0.1) is 5.92 Å². The third-order valence-corrected chi connectivity index (χ3v) is 1.22. The molecule has 0 spiro atoms. The van der Waals surface area contributed by atoms with Gasteiger partial charge in [0.25, 0.3) is 0 Å². The lowest BCUT2D eigenvalue weighted by atomic mass is 10.1. The molecule has 0 radical (unpaired) electrons. The Morgan fingerprint density at radius 1 is 1.14 bits per heavy atom. The van der Waals surface area contributed by atoms with Crippen LogP contribution in [0.4, 0.5) is 0 Å². The smallest absolute Gasteiger partial charge is 0.0386 e. The zero-order valence-corrected chi connectivity index (χ0v) is 11.0. The fourth-order valence-electron chi connectivity index (χ4n) is 0.696. The summed E-state index contributed by atoms with van der Waals surface area (Å²) >= 11 is 0. The predicted molar refractivity (Wildman–Crippen MR) is 70.0 cm³/mol. The summed E-state index contributed by atoms with van der Waals surface area (Å²) in [6.07, 6.45) is 5.42. The molecule has 0 rings (SSSR count). The van der Waals surface area contributed by atoms with Crippen molar-refractivity contribution in [3.05, 3.63) is 24.4 Å². The maximum Gasteiger partial charge on any atom is 0.0386 e. The van der Waals surface area contributed by atoms with Gasteiger partial charge in [0.05, 0.1) is 0 Å². The molecule has 0 heterocycles. The highest BCUT2D eigenvalue weighted by atomic mass is 14.7. The van der Waals surface area contributed by atoms with Gasteiger partial charge in [-0.15, -0.1) is 0 Å².